The van der Waals surface area contributed by atoms with Crippen LogP contribution >= 0.6 is 11.8 Å². The Kier molecular flexibility index (Phi) is 5.71. The van der Waals surface area contributed by atoms with Crippen molar-refractivity contribution in [2.75, 3.05) is 32.9 Å². The second kappa shape index (κ2) is 6.64. The molecule has 0 unspecified atom stereocenters. The number of carbonyl (C=O) groups excluding carboxylic acids is 2. The predicted molar refractivity (Wildman–Crippen MR) is 80.2 cm³/mol. The van der Waals surface area contributed by atoms with Gasteiger partial charge in [-0.15, -0.1) is 11.8 Å². The maximum Gasteiger partial charge on any atom is 0.232 e. The molecule has 1 rings (SSSR count). The van der Waals surface area contributed by atoms with Crippen LogP contribution in [0.5, 0.6) is 0 Å². The zero-order chi connectivity index (χ0) is 14.6. The van der Waals surface area contributed by atoms with E-state index in [0.29, 0.717) is 12.3 Å². The standard InChI is InChI=1S/C14H26N2O2S/c1-14(2,3)19-10-12(17)16-8-6-7-11(9-16)13(18)15(4)5/h11H,6-10H2,1-5H3/t11-/m1/s1. The average molecular weight is 286 g/mol. The second-order valence-corrected chi connectivity index (χ2v) is 8.11. The van der Waals surface area contributed by atoms with Crippen LogP contribution in [0.4, 0.5) is 0 Å². The molecule has 1 saturated heterocycles. The molecule has 4 nitrogen and oxygen atoms in total. The van der Waals surface area contributed by atoms with Gasteiger partial charge in [0.2, 0.25) is 11.8 Å². The lowest BCUT2D eigenvalue weighted by molar-refractivity contribution is -0.138. The highest BCUT2D eigenvalue weighted by Crippen LogP contribution is 2.25. The summed E-state index contributed by atoms with van der Waals surface area (Å²) in [5, 5.41) is 0. The number of rotatable bonds is 3. The van der Waals surface area contributed by atoms with Crippen LogP contribution in [0.15, 0.2) is 0 Å². The molecule has 2 amide bonds. The molecule has 1 fully saturated rings. The third-order valence-corrected chi connectivity index (χ3v) is 4.45. The first kappa shape index (κ1) is 16.3. The molecule has 0 aromatic heterocycles. The first-order valence-corrected chi connectivity index (χ1v) is 7.82. The summed E-state index contributed by atoms with van der Waals surface area (Å²) in [4.78, 5) is 27.6. The normalized spacial score (nSPS) is 20.3. The molecule has 0 bridgehead atoms. The van der Waals surface area contributed by atoms with E-state index in [9.17, 15) is 9.59 Å². The predicted octanol–water partition coefficient (Wildman–Crippen LogP) is 1.84. The molecular weight excluding hydrogens is 260 g/mol. The van der Waals surface area contributed by atoms with Gasteiger partial charge in [-0.3, -0.25) is 9.59 Å². The maximum atomic E-state index is 12.2. The van der Waals surface area contributed by atoms with Crippen LogP contribution in [0.2, 0.25) is 0 Å². The van der Waals surface area contributed by atoms with E-state index in [2.05, 4.69) is 20.8 Å². The van der Waals surface area contributed by atoms with Crippen LogP contribution in [-0.4, -0.2) is 59.3 Å². The van der Waals surface area contributed by atoms with Gasteiger partial charge in [-0.2, -0.15) is 0 Å². The zero-order valence-corrected chi connectivity index (χ0v) is 13.5. The van der Waals surface area contributed by atoms with Crippen molar-refractivity contribution in [3.8, 4) is 0 Å². The van der Waals surface area contributed by atoms with Gasteiger partial charge >= 0.3 is 0 Å². The minimum Gasteiger partial charge on any atom is -0.349 e. The molecule has 110 valence electrons. The molecule has 0 N–H and O–H groups in total. The van der Waals surface area contributed by atoms with Crippen molar-refractivity contribution < 1.29 is 9.59 Å². The van der Waals surface area contributed by atoms with Crippen molar-refractivity contribution in [3.63, 3.8) is 0 Å². The molecule has 5 heteroatoms. The molecule has 0 aromatic carbocycles. The first-order valence-electron chi connectivity index (χ1n) is 6.83. The number of nitrogens with zero attached hydrogens (tertiary/aromatic N) is 2. The fraction of sp³-hybridized carbons (Fsp3) is 0.857. The quantitative estimate of drug-likeness (QED) is 0.795. The number of piperidine rings is 1. The summed E-state index contributed by atoms with van der Waals surface area (Å²) in [7, 11) is 3.55. The highest BCUT2D eigenvalue weighted by molar-refractivity contribution is 8.01. The Balaban J connectivity index is 2.50. The lowest BCUT2D eigenvalue weighted by Crippen LogP contribution is -2.46. The Morgan fingerprint density at radius 1 is 1.32 bits per heavy atom. The van der Waals surface area contributed by atoms with Crippen LogP contribution < -0.4 is 0 Å². The smallest absolute Gasteiger partial charge is 0.232 e. The SMILES string of the molecule is CN(C)C(=O)[C@@H]1CCCN(C(=O)CSC(C)(C)C)C1. The molecule has 0 saturated carbocycles. The van der Waals surface area contributed by atoms with E-state index in [1.54, 1.807) is 30.8 Å². The fourth-order valence-corrected chi connectivity index (χ4v) is 2.88. The van der Waals surface area contributed by atoms with E-state index in [1.165, 1.54) is 0 Å². The maximum absolute atomic E-state index is 12.2. The number of carbonyl (C=O) groups is 2. The Labute approximate surface area is 120 Å². The number of hydrogen-bond acceptors (Lipinski definition) is 3. The Bertz CT molecular complexity index is 337. The molecular formula is C14H26N2O2S. The summed E-state index contributed by atoms with van der Waals surface area (Å²) in [6, 6.07) is 0. The lowest BCUT2D eigenvalue weighted by atomic mass is 9.97. The molecule has 1 atom stereocenters. The molecule has 19 heavy (non-hydrogen) atoms. The Morgan fingerprint density at radius 3 is 2.47 bits per heavy atom. The summed E-state index contributed by atoms with van der Waals surface area (Å²) < 4.78 is 0.101. The number of likely N-dealkylation sites (tertiary alicyclic amines) is 1. The Morgan fingerprint density at radius 2 is 1.95 bits per heavy atom. The second-order valence-electron chi connectivity index (χ2n) is 6.31. The molecule has 1 aliphatic rings. The summed E-state index contributed by atoms with van der Waals surface area (Å²) in [6.45, 7) is 7.71. The van der Waals surface area contributed by atoms with E-state index in [4.69, 9.17) is 0 Å². The first-order chi connectivity index (χ1) is 8.70. The highest BCUT2D eigenvalue weighted by atomic mass is 32.2. The van der Waals surface area contributed by atoms with Crippen molar-refractivity contribution in [1.82, 2.24) is 9.80 Å². The molecule has 1 heterocycles. The van der Waals surface area contributed by atoms with Crippen LogP contribution in [0, 0.1) is 5.92 Å². The molecule has 1 aliphatic heterocycles. The average Bonchev–Trinajstić information content (AvgIpc) is 2.34. The van der Waals surface area contributed by atoms with Gasteiger partial charge in [0, 0.05) is 31.9 Å². The third-order valence-electron chi connectivity index (χ3n) is 3.19. The largest absolute Gasteiger partial charge is 0.349 e. The number of hydrogen-bond donors (Lipinski definition) is 0. The Hall–Kier alpha value is -0.710. The van der Waals surface area contributed by atoms with E-state index in [0.717, 1.165) is 19.4 Å². The monoisotopic (exact) mass is 286 g/mol. The van der Waals surface area contributed by atoms with Gasteiger partial charge in [0.25, 0.3) is 0 Å². The van der Waals surface area contributed by atoms with E-state index in [1.807, 2.05) is 4.90 Å². The fourth-order valence-electron chi connectivity index (χ4n) is 2.14. The van der Waals surface area contributed by atoms with Crippen molar-refractivity contribution in [3.05, 3.63) is 0 Å². The van der Waals surface area contributed by atoms with Gasteiger partial charge in [0.1, 0.15) is 0 Å². The summed E-state index contributed by atoms with van der Waals surface area (Å²) in [5.41, 5.74) is 0. The topological polar surface area (TPSA) is 40.6 Å². The van der Waals surface area contributed by atoms with Gasteiger partial charge in [-0.05, 0) is 12.8 Å². The zero-order valence-electron chi connectivity index (χ0n) is 12.7. The third kappa shape index (κ3) is 5.43. The van der Waals surface area contributed by atoms with Gasteiger partial charge in [-0.25, -0.2) is 0 Å². The van der Waals surface area contributed by atoms with Crippen molar-refractivity contribution in [1.29, 1.82) is 0 Å². The van der Waals surface area contributed by atoms with Crippen LogP contribution in [0.3, 0.4) is 0 Å². The van der Waals surface area contributed by atoms with Crippen LogP contribution in [0.1, 0.15) is 33.6 Å². The van der Waals surface area contributed by atoms with Gasteiger partial charge in [0.15, 0.2) is 0 Å². The van der Waals surface area contributed by atoms with Crippen molar-refractivity contribution >= 4 is 23.6 Å². The lowest BCUT2D eigenvalue weighted by Gasteiger charge is -2.33. The number of thioether (sulfide) groups is 1. The van der Waals surface area contributed by atoms with Gasteiger partial charge < -0.3 is 9.80 Å². The summed E-state index contributed by atoms with van der Waals surface area (Å²) in [6.07, 6.45) is 1.82. The van der Waals surface area contributed by atoms with Gasteiger partial charge in [-0.1, -0.05) is 20.8 Å². The van der Waals surface area contributed by atoms with E-state index in [-0.39, 0.29) is 22.5 Å². The summed E-state index contributed by atoms with van der Waals surface area (Å²) in [5.74, 6) is 0.788. The van der Waals surface area contributed by atoms with Crippen LogP contribution in [-0.2, 0) is 9.59 Å². The molecule has 0 radical (unpaired) electrons. The molecule has 0 aliphatic carbocycles. The molecule has 0 aromatic rings. The van der Waals surface area contributed by atoms with Crippen LogP contribution in [0.25, 0.3) is 0 Å². The van der Waals surface area contributed by atoms with Crippen molar-refractivity contribution in [2.24, 2.45) is 5.92 Å². The molecule has 0 spiro atoms. The number of amides is 2. The minimum atomic E-state index is -0.0210. The van der Waals surface area contributed by atoms with Crippen molar-refractivity contribution in [2.45, 2.75) is 38.4 Å². The van der Waals surface area contributed by atoms with Gasteiger partial charge in [0.05, 0.1) is 11.7 Å². The summed E-state index contributed by atoms with van der Waals surface area (Å²) >= 11 is 1.66. The van der Waals surface area contributed by atoms with E-state index < -0.39 is 0 Å². The minimum absolute atomic E-state index is 0.0210. The highest BCUT2D eigenvalue weighted by Gasteiger charge is 2.29. The van der Waals surface area contributed by atoms with E-state index >= 15 is 0 Å².